The van der Waals surface area contributed by atoms with Crippen molar-refractivity contribution in [1.82, 2.24) is 0 Å². The van der Waals surface area contributed by atoms with E-state index in [1.165, 1.54) is 0 Å². The molecular weight excluding hydrogens is 893 g/mol. The number of aliphatic hydroxyl groups is 1. The normalized spacial score (nSPS) is 11.5. The second-order valence-corrected chi connectivity index (χ2v) is 12.6. The molecule has 0 atom stereocenters. The molecule has 6 aromatic rings. The highest BCUT2D eigenvalue weighted by Gasteiger charge is 2.52. The molecule has 0 unspecified atom stereocenters. The maximum absolute atomic E-state index is 15.4. The van der Waals surface area contributed by atoms with Crippen molar-refractivity contribution in [1.29, 1.82) is 0 Å². The summed E-state index contributed by atoms with van der Waals surface area (Å²) in [7, 11) is 0. The first-order valence-corrected chi connectivity index (χ1v) is 16.4. The number of aromatic nitrogens is 1. The van der Waals surface area contributed by atoms with E-state index in [0.717, 1.165) is 5.69 Å². The van der Waals surface area contributed by atoms with Crippen LogP contribution >= 0.6 is 0 Å². The van der Waals surface area contributed by atoms with Gasteiger partial charge < -0.3 is 5.11 Å². The molecule has 1 aromatic heterocycles. The van der Waals surface area contributed by atoms with Gasteiger partial charge in [0.25, 0.3) is 0 Å². The fourth-order valence-electron chi connectivity index (χ4n) is 6.55. The zero-order valence-corrected chi connectivity index (χ0v) is 29.5. The SMILES string of the molecule is Fc1c(F)c(F)c([B-](c2c(F)c(F)c(F)c(F)c2F)(c2c(F)c(F)c(F)c(F)c2F)c2c(F)c(F)c(F)c(F)c2F)c(F)c1F.O=C(C[n+]1ccccc1CO)c1ccccc1. The number of ketones is 1. The van der Waals surface area contributed by atoms with Crippen LogP contribution in [0.15, 0.2) is 54.7 Å². The lowest BCUT2D eigenvalue weighted by Gasteiger charge is -2.44. The van der Waals surface area contributed by atoms with E-state index >= 15 is 35.1 Å². The van der Waals surface area contributed by atoms with Gasteiger partial charge in [0, 0.05) is 17.7 Å². The molecule has 0 saturated heterocycles. The molecule has 0 bridgehead atoms. The van der Waals surface area contributed by atoms with E-state index in [1.807, 2.05) is 30.3 Å². The predicted octanol–water partition coefficient (Wildman–Crippen LogP) is 7.20. The zero-order chi connectivity index (χ0) is 46.4. The van der Waals surface area contributed by atoms with Gasteiger partial charge in [-0.1, -0.05) is 36.4 Å². The Kier molecular flexibility index (Phi) is 13.2. The fraction of sp³-hybridized carbons (Fsp3) is 0.0526. The minimum absolute atomic E-state index is 0.0384. The molecule has 0 aliphatic rings. The average Bonchev–Trinajstić information content (AvgIpc) is 3.26. The quantitative estimate of drug-likeness (QED) is 0.0439. The Morgan fingerprint density at radius 2 is 0.645 bits per heavy atom. The summed E-state index contributed by atoms with van der Waals surface area (Å²) in [6.07, 6.45) is -5.42. The summed E-state index contributed by atoms with van der Waals surface area (Å²) in [5.41, 5.74) is -12.9. The van der Waals surface area contributed by atoms with Crippen molar-refractivity contribution in [3.63, 3.8) is 0 Å². The van der Waals surface area contributed by atoms with E-state index in [1.54, 1.807) is 29.0 Å². The molecule has 24 heteroatoms. The Bertz CT molecular complexity index is 2410. The molecule has 5 aromatic carbocycles. The third-order valence-electron chi connectivity index (χ3n) is 9.31. The van der Waals surface area contributed by atoms with Crippen molar-refractivity contribution in [2.75, 3.05) is 0 Å². The van der Waals surface area contributed by atoms with E-state index in [4.69, 9.17) is 5.11 Å². The highest BCUT2D eigenvalue weighted by atomic mass is 19.2. The topological polar surface area (TPSA) is 41.2 Å². The summed E-state index contributed by atoms with van der Waals surface area (Å²) in [6, 6.07) is 14.6. The first kappa shape index (κ1) is 46.6. The molecule has 326 valence electrons. The van der Waals surface area contributed by atoms with Gasteiger partial charge in [-0.2, -0.15) is 4.57 Å². The molecule has 1 heterocycles. The Balaban J connectivity index is 0.000000355. The molecule has 1 N–H and O–H groups in total. The minimum Gasteiger partial charge on any atom is -0.385 e. The van der Waals surface area contributed by atoms with Crippen molar-refractivity contribution in [2.24, 2.45) is 0 Å². The zero-order valence-electron chi connectivity index (χ0n) is 29.5. The lowest BCUT2D eigenvalue weighted by Crippen LogP contribution is -2.81. The van der Waals surface area contributed by atoms with Gasteiger partial charge in [-0.3, -0.25) is 4.79 Å². The van der Waals surface area contributed by atoms with Gasteiger partial charge in [-0.05, 0) is 0 Å². The van der Waals surface area contributed by atoms with Crippen LogP contribution in [0.25, 0.3) is 0 Å². The van der Waals surface area contributed by atoms with Gasteiger partial charge >= 0.3 is 0 Å². The molecule has 0 radical (unpaired) electrons. The molecule has 0 saturated carbocycles. The summed E-state index contributed by atoms with van der Waals surface area (Å²) >= 11 is 0. The van der Waals surface area contributed by atoms with Crippen molar-refractivity contribution in [3.8, 4) is 0 Å². The lowest BCUT2D eigenvalue weighted by atomic mass is 9.12. The third kappa shape index (κ3) is 7.28. The fourth-order valence-corrected chi connectivity index (χ4v) is 6.55. The molecule has 0 aliphatic carbocycles. The number of benzene rings is 5. The van der Waals surface area contributed by atoms with Crippen molar-refractivity contribution in [3.05, 3.63) is 182 Å². The second kappa shape index (κ2) is 17.5. The smallest absolute Gasteiger partial charge is 0.227 e. The molecular formula is C38H14BF20NO2. The number of aliphatic hydroxyl groups excluding tert-OH is 1. The van der Waals surface area contributed by atoms with Crippen LogP contribution in [0.4, 0.5) is 87.8 Å². The maximum atomic E-state index is 15.4. The molecule has 0 spiro atoms. The standard InChI is InChI=1S/C24BF20.C14H14NO2/c26-5-1(6(27)14(35)21(42)13(5)34)25(2-7(28)15(36)22(43)16(37)8(2)29,3-9(30)17(38)23(44)18(39)10(3)31)4-11(32)19(40)24(45)20(41)12(4)33;16-11-13-8-4-5-9-15(13)10-14(17)12-6-2-1-3-7-12/h;1-9,16H,10-11H2/q-1;+1. The first-order chi connectivity index (χ1) is 29.0. The van der Waals surface area contributed by atoms with E-state index in [2.05, 4.69) is 0 Å². The van der Waals surface area contributed by atoms with Gasteiger partial charge in [-0.15, -0.1) is 21.9 Å². The second-order valence-electron chi connectivity index (χ2n) is 12.6. The third-order valence-corrected chi connectivity index (χ3v) is 9.31. The number of carbonyl (C=O) groups excluding carboxylic acids is 1. The number of hydrogen-bond acceptors (Lipinski definition) is 2. The van der Waals surface area contributed by atoms with E-state index in [0.29, 0.717) is 5.56 Å². The van der Waals surface area contributed by atoms with Crippen LogP contribution in [-0.4, -0.2) is 17.0 Å². The predicted molar refractivity (Wildman–Crippen MR) is 173 cm³/mol. The van der Waals surface area contributed by atoms with Gasteiger partial charge in [0.2, 0.25) is 18.0 Å². The maximum Gasteiger partial charge on any atom is 0.227 e. The largest absolute Gasteiger partial charge is 0.385 e. The Morgan fingerprint density at radius 1 is 0.387 bits per heavy atom. The summed E-state index contributed by atoms with van der Waals surface area (Å²) in [5, 5.41) is 9.17. The molecule has 0 aliphatic heterocycles. The van der Waals surface area contributed by atoms with Crippen molar-refractivity contribution < 1.29 is 102 Å². The Hall–Kier alpha value is -6.46. The molecule has 0 amide bonds. The summed E-state index contributed by atoms with van der Waals surface area (Å²) in [6.45, 7) is 0.184. The van der Waals surface area contributed by atoms with Gasteiger partial charge in [-0.25, -0.2) is 87.8 Å². The summed E-state index contributed by atoms with van der Waals surface area (Å²) < 4.78 is 296. The Labute approximate surface area is 331 Å². The monoisotopic (exact) mass is 907 g/mol. The number of halogens is 20. The van der Waals surface area contributed by atoms with Crippen LogP contribution in [0.1, 0.15) is 16.1 Å². The van der Waals surface area contributed by atoms with E-state index in [9.17, 15) is 57.5 Å². The van der Waals surface area contributed by atoms with Crippen molar-refractivity contribution >= 4 is 33.8 Å². The number of carbonyl (C=O) groups is 1. The van der Waals surface area contributed by atoms with Crippen LogP contribution in [-0.2, 0) is 13.2 Å². The molecule has 3 nitrogen and oxygen atoms in total. The van der Waals surface area contributed by atoms with Gasteiger partial charge in [0.05, 0.1) is 0 Å². The highest BCUT2D eigenvalue weighted by molar-refractivity contribution is 7.20. The van der Waals surface area contributed by atoms with Gasteiger partial charge in [0.1, 0.15) is 59.3 Å². The van der Waals surface area contributed by atoms with E-state index in [-0.39, 0.29) is 18.9 Å². The minimum atomic E-state index is -7.22. The molecule has 0 fully saturated rings. The van der Waals surface area contributed by atoms with Gasteiger partial charge in [0.15, 0.2) is 76.0 Å². The van der Waals surface area contributed by atoms with Crippen LogP contribution in [0.5, 0.6) is 0 Å². The molecule has 6 rings (SSSR count). The number of hydrogen-bond donors (Lipinski definition) is 1. The number of nitrogens with zero attached hydrogens (tertiary/aromatic N) is 1. The molecule has 62 heavy (non-hydrogen) atoms. The van der Waals surface area contributed by atoms with Crippen LogP contribution in [0.2, 0.25) is 0 Å². The van der Waals surface area contributed by atoms with Crippen LogP contribution in [0.3, 0.4) is 0 Å². The average molecular weight is 907 g/mol. The van der Waals surface area contributed by atoms with Crippen LogP contribution in [0, 0.1) is 116 Å². The van der Waals surface area contributed by atoms with E-state index < -0.39 is 144 Å². The Morgan fingerprint density at radius 3 is 0.919 bits per heavy atom. The lowest BCUT2D eigenvalue weighted by molar-refractivity contribution is -0.692. The summed E-state index contributed by atoms with van der Waals surface area (Å²) in [5.74, 6) is -71.4. The van der Waals surface area contributed by atoms with Crippen LogP contribution < -0.4 is 26.4 Å². The highest BCUT2D eigenvalue weighted by Crippen LogP contribution is 2.30. The number of Topliss-reactive ketones (excluding diaryl/α,β-unsaturated/α-hetero) is 1. The van der Waals surface area contributed by atoms with Crippen molar-refractivity contribution in [2.45, 2.75) is 13.2 Å². The number of pyridine rings is 1. The number of rotatable bonds is 8. The first-order valence-electron chi connectivity index (χ1n) is 16.4. The summed E-state index contributed by atoms with van der Waals surface area (Å²) in [4.78, 5) is 12.0.